The summed E-state index contributed by atoms with van der Waals surface area (Å²) in [6.07, 6.45) is 5.70. The Morgan fingerprint density at radius 3 is 2.87 bits per heavy atom. The molecule has 0 radical (unpaired) electrons. The van der Waals surface area contributed by atoms with Crippen molar-refractivity contribution in [2.75, 3.05) is 19.6 Å². The van der Waals surface area contributed by atoms with Crippen LogP contribution in [-0.2, 0) is 16.0 Å². The first kappa shape index (κ1) is 17.5. The number of hydrogen-bond acceptors (Lipinski definition) is 4. The number of rotatable bonds is 8. The molecular weight excluding hydrogens is 296 g/mol. The van der Waals surface area contributed by atoms with Gasteiger partial charge in [-0.2, -0.15) is 5.10 Å². The van der Waals surface area contributed by atoms with E-state index in [1.165, 1.54) is 0 Å². The number of H-pyrrole nitrogens is 1. The number of aliphatic carboxylic acids is 1. The molecule has 0 spiro atoms. The lowest BCUT2D eigenvalue weighted by Gasteiger charge is -2.23. The molecule has 1 aromatic heterocycles. The van der Waals surface area contributed by atoms with Crippen LogP contribution in [0.25, 0.3) is 0 Å². The molecule has 128 valence electrons. The molecule has 1 aliphatic rings. The summed E-state index contributed by atoms with van der Waals surface area (Å²) in [5, 5.41) is 18.7. The normalized spacial score (nSPS) is 21.7. The van der Waals surface area contributed by atoms with Crippen molar-refractivity contribution in [3.05, 3.63) is 18.0 Å². The smallest absolute Gasteiger partial charge is 0.317 e. The number of carbonyl (C=O) groups excluding carboxylic acids is 1. The van der Waals surface area contributed by atoms with Gasteiger partial charge in [0.25, 0.3) is 0 Å². The van der Waals surface area contributed by atoms with Gasteiger partial charge in [-0.15, -0.1) is 0 Å². The van der Waals surface area contributed by atoms with Gasteiger partial charge in [0.2, 0.25) is 5.91 Å². The fourth-order valence-electron chi connectivity index (χ4n) is 3.21. The van der Waals surface area contributed by atoms with E-state index in [1.54, 1.807) is 6.20 Å². The molecule has 2 heterocycles. The minimum absolute atomic E-state index is 0.0378. The number of aromatic nitrogens is 2. The third kappa shape index (κ3) is 5.35. The fourth-order valence-corrected chi connectivity index (χ4v) is 3.21. The van der Waals surface area contributed by atoms with E-state index < -0.39 is 5.97 Å². The van der Waals surface area contributed by atoms with Crippen LogP contribution in [0.2, 0.25) is 0 Å². The molecule has 0 unspecified atom stereocenters. The number of carboxylic acid groups (broad SMARTS) is 1. The average Bonchev–Trinajstić information content (AvgIpc) is 3.08. The average molecular weight is 322 g/mol. The third-order valence-electron chi connectivity index (χ3n) is 4.43. The molecule has 0 bridgehead atoms. The van der Waals surface area contributed by atoms with Crippen LogP contribution in [0.15, 0.2) is 12.4 Å². The number of nitrogens with one attached hydrogen (secondary N) is 2. The molecule has 7 nitrogen and oxygen atoms in total. The maximum Gasteiger partial charge on any atom is 0.317 e. The number of hydrogen-bond donors (Lipinski definition) is 3. The Morgan fingerprint density at radius 2 is 2.26 bits per heavy atom. The number of carbonyl (C=O) groups is 2. The van der Waals surface area contributed by atoms with E-state index in [0.29, 0.717) is 24.8 Å². The lowest BCUT2D eigenvalue weighted by atomic mass is 9.91. The fraction of sp³-hybridized carbons (Fsp3) is 0.688. The summed E-state index contributed by atoms with van der Waals surface area (Å²) in [4.78, 5) is 24.9. The maximum absolute atomic E-state index is 12.2. The van der Waals surface area contributed by atoms with Crippen LogP contribution >= 0.6 is 0 Å². The van der Waals surface area contributed by atoms with Crippen molar-refractivity contribution in [3.63, 3.8) is 0 Å². The zero-order chi connectivity index (χ0) is 16.8. The van der Waals surface area contributed by atoms with Crippen LogP contribution in [0.5, 0.6) is 0 Å². The zero-order valence-corrected chi connectivity index (χ0v) is 13.8. The summed E-state index contributed by atoms with van der Waals surface area (Å²) >= 11 is 0. The van der Waals surface area contributed by atoms with Crippen LogP contribution in [0.4, 0.5) is 0 Å². The number of aromatic amines is 1. The lowest BCUT2D eigenvalue weighted by Crippen LogP contribution is -2.42. The van der Waals surface area contributed by atoms with Gasteiger partial charge in [-0.05, 0) is 30.2 Å². The molecule has 2 rings (SSSR count). The number of nitrogens with zero attached hydrogens (tertiary/aromatic N) is 2. The number of aryl methyl sites for hydroxylation is 1. The van der Waals surface area contributed by atoms with Gasteiger partial charge in [0.15, 0.2) is 0 Å². The maximum atomic E-state index is 12.2. The minimum atomic E-state index is -0.820. The molecule has 3 N–H and O–H groups in total. The van der Waals surface area contributed by atoms with E-state index in [0.717, 1.165) is 24.9 Å². The first-order chi connectivity index (χ1) is 11.0. The van der Waals surface area contributed by atoms with Crippen LogP contribution in [0.1, 0.15) is 32.3 Å². The van der Waals surface area contributed by atoms with Gasteiger partial charge in [-0.25, -0.2) is 0 Å². The Kier molecular flexibility index (Phi) is 6.15. The molecular formula is C16H26N4O3. The number of carboxylic acids is 1. The second-order valence-corrected chi connectivity index (χ2v) is 6.63. The molecule has 1 aromatic rings. The van der Waals surface area contributed by atoms with Gasteiger partial charge in [-0.3, -0.25) is 19.6 Å². The summed E-state index contributed by atoms with van der Waals surface area (Å²) in [5.41, 5.74) is 1.10. The molecule has 1 aliphatic heterocycles. The van der Waals surface area contributed by atoms with Crippen molar-refractivity contribution in [1.82, 2.24) is 20.4 Å². The molecule has 1 amide bonds. The molecule has 23 heavy (non-hydrogen) atoms. The topological polar surface area (TPSA) is 98.3 Å². The van der Waals surface area contributed by atoms with Gasteiger partial charge in [0.1, 0.15) is 0 Å². The van der Waals surface area contributed by atoms with Crippen molar-refractivity contribution in [1.29, 1.82) is 0 Å². The molecule has 7 heteroatoms. The van der Waals surface area contributed by atoms with Crippen LogP contribution in [-0.4, -0.2) is 57.8 Å². The molecule has 1 fully saturated rings. The highest BCUT2D eigenvalue weighted by Crippen LogP contribution is 2.24. The number of amides is 1. The van der Waals surface area contributed by atoms with Crippen molar-refractivity contribution in [2.24, 2.45) is 11.8 Å². The van der Waals surface area contributed by atoms with Gasteiger partial charge in [0.05, 0.1) is 12.7 Å². The Labute approximate surface area is 136 Å². The summed E-state index contributed by atoms with van der Waals surface area (Å²) in [7, 11) is 0. The first-order valence-corrected chi connectivity index (χ1v) is 8.17. The van der Waals surface area contributed by atoms with Crippen molar-refractivity contribution in [3.8, 4) is 0 Å². The first-order valence-electron chi connectivity index (χ1n) is 8.17. The van der Waals surface area contributed by atoms with E-state index in [-0.39, 0.29) is 18.5 Å². The Hall–Kier alpha value is -1.89. The summed E-state index contributed by atoms with van der Waals surface area (Å²) in [6.45, 7) is 5.61. The van der Waals surface area contributed by atoms with Crippen LogP contribution in [0, 0.1) is 11.8 Å². The minimum Gasteiger partial charge on any atom is -0.480 e. The van der Waals surface area contributed by atoms with Crippen LogP contribution in [0.3, 0.4) is 0 Å². The van der Waals surface area contributed by atoms with E-state index in [9.17, 15) is 9.59 Å². The van der Waals surface area contributed by atoms with Crippen molar-refractivity contribution < 1.29 is 14.7 Å². The highest BCUT2D eigenvalue weighted by molar-refractivity contribution is 5.76. The lowest BCUT2D eigenvalue weighted by molar-refractivity contribution is -0.138. The molecule has 0 aromatic carbocycles. The number of likely N-dealkylation sites (tertiary alicyclic amines) is 1. The zero-order valence-electron chi connectivity index (χ0n) is 13.8. The SMILES string of the molecule is CC(C)[C@H]1CN(CC(=O)O)C[C@@H]1NC(=O)CCCc1cn[nH]c1. The summed E-state index contributed by atoms with van der Waals surface area (Å²) < 4.78 is 0. The quantitative estimate of drug-likeness (QED) is 0.660. The summed E-state index contributed by atoms with van der Waals surface area (Å²) in [5.74, 6) is -0.0712. The predicted octanol–water partition coefficient (Wildman–Crippen LogP) is 0.890. The van der Waals surface area contributed by atoms with E-state index >= 15 is 0 Å². The third-order valence-corrected chi connectivity index (χ3v) is 4.43. The van der Waals surface area contributed by atoms with E-state index in [2.05, 4.69) is 29.4 Å². The van der Waals surface area contributed by atoms with E-state index in [4.69, 9.17) is 5.11 Å². The second-order valence-electron chi connectivity index (χ2n) is 6.63. The molecule has 1 saturated heterocycles. The van der Waals surface area contributed by atoms with Gasteiger partial charge >= 0.3 is 5.97 Å². The van der Waals surface area contributed by atoms with Crippen molar-refractivity contribution >= 4 is 11.9 Å². The monoisotopic (exact) mass is 322 g/mol. The predicted molar refractivity (Wildman–Crippen MR) is 85.9 cm³/mol. The van der Waals surface area contributed by atoms with Gasteiger partial charge in [-0.1, -0.05) is 13.8 Å². The second kappa shape index (κ2) is 8.10. The Bertz CT molecular complexity index is 515. The Morgan fingerprint density at radius 1 is 1.48 bits per heavy atom. The highest BCUT2D eigenvalue weighted by Gasteiger charge is 2.35. The van der Waals surface area contributed by atoms with E-state index in [1.807, 2.05) is 11.1 Å². The highest BCUT2D eigenvalue weighted by atomic mass is 16.4. The van der Waals surface area contributed by atoms with Crippen molar-refractivity contribution in [2.45, 2.75) is 39.2 Å². The molecule has 2 atom stereocenters. The molecule has 0 aliphatic carbocycles. The van der Waals surface area contributed by atoms with Gasteiger partial charge < -0.3 is 10.4 Å². The Balaban J connectivity index is 1.79. The van der Waals surface area contributed by atoms with Gasteiger partial charge in [0, 0.05) is 31.7 Å². The standard InChI is InChI=1S/C16H26N4O3/c1-11(2)13-8-20(10-16(22)23)9-14(13)19-15(21)5-3-4-12-6-17-18-7-12/h6-7,11,13-14H,3-5,8-10H2,1-2H3,(H,17,18)(H,19,21)(H,22,23)/t13-,14+/m1/s1. The van der Waals surface area contributed by atoms with Crippen LogP contribution < -0.4 is 5.32 Å². The summed E-state index contributed by atoms with van der Waals surface area (Å²) in [6, 6.07) is 0.0378. The molecule has 0 saturated carbocycles. The largest absolute Gasteiger partial charge is 0.480 e.